The SMILES string of the molecule is CC(C)NC(=O)Nc1cccc(C(=O)N2CCC3(CCNC3)CC2)c1. The smallest absolute Gasteiger partial charge is 0.319 e. The molecule has 0 unspecified atom stereocenters. The number of carbonyl (C=O) groups is 2. The van der Waals surface area contributed by atoms with Crippen molar-refractivity contribution in [3.8, 4) is 0 Å². The molecule has 3 rings (SSSR count). The third-order valence-corrected chi connectivity index (χ3v) is 5.23. The number of amides is 3. The molecule has 2 aliphatic heterocycles. The summed E-state index contributed by atoms with van der Waals surface area (Å²) in [4.78, 5) is 26.6. The van der Waals surface area contributed by atoms with Crippen molar-refractivity contribution in [2.75, 3.05) is 31.5 Å². The van der Waals surface area contributed by atoms with Crippen LogP contribution < -0.4 is 16.0 Å². The molecule has 0 radical (unpaired) electrons. The van der Waals surface area contributed by atoms with Crippen molar-refractivity contribution in [3.05, 3.63) is 29.8 Å². The number of nitrogens with zero attached hydrogens (tertiary/aromatic N) is 1. The number of likely N-dealkylation sites (tertiary alicyclic amines) is 1. The summed E-state index contributed by atoms with van der Waals surface area (Å²) in [6.07, 6.45) is 3.36. The number of hydrogen-bond donors (Lipinski definition) is 3. The third-order valence-electron chi connectivity index (χ3n) is 5.23. The molecule has 2 aliphatic rings. The van der Waals surface area contributed by atoms with Crippen LogP contribution in [0.1, 0.15) is 43.5 Å². The molecule has 1 aromatic rings. The van der Waals surface area contributed by atoms with E-state index < -0.39 is 0 Å². The molecule has 1 aromatic carbocycles. The zero-order valence-electron chi connectivity index (χ0n) is 15.1. The average Bonchev–Trinajstić information content (AvgIpc) is 3.02. The molecule has 2 heterocycles. The lowest BCUT2D eigenvalue weighted by atomic mass is 9.78. The first-order valence-corrected chi connectivity index (χ1v) is 9.15. The molecule has 0 saturated carbocycles. The van der Waals surface area contributed by atoms with E-state index in [-0.39, 0.29) is 18.0 Å². The number of hydrogen-bond acceptors (Lipinski definition) is 3. The van der Waals surface area contributed by atoms with Gasteiger partial charge in [0.15, 0.2) is 0 Å². The molecule has 136 valence electrons. The van der Waals surface area contributed by atoms with Crippen LogP contribution in [0, 0.1) is 5.41 Å². The summed E-state index contributed by atoms with van der Waals surface area (Å²) in [6.45, 7) is 7.61. The van der Waals surface area contributed by atoms with Gasteiger partial charge in [-0.15, -0.1) is 0 Å². The first-order valence-electron chi connectivity index (χ1n) is 9.15. The Morgan fingerprint density at radius 2 is 1.96 bits per heavy atom. The Bertz CT molecular complexity index is 628. The van der Waals surface area contributed by atoms with E-state index >= 15 is 0 Å². The van der Waals surface area contributed by atoms with Crippen LogP contribution >= 0.6 is 0 Å². The highest BCUT2D eigenvalue weighted by molar-refractivity contribution is 5.97. The number of anilines is 1. The summed E-state index contributed by atoms with van der Waals surface area (Å²) in [5.41, 5.74) is 1.66. The second kappa shape index (κ2) is 7.44. The van der Waals surface area contributed by atoms with Crippen LogP contribution in [0.4, 0.5) is 10.5 Å². The molecule has 3 N–H and O–H groups in total. The summed E-state index contributed by atoms with van der Waals surface area (Å²) in [5.74, 6) is 0.0497. The number of rotatable bonds is 3. The van der Waals surface area contributed by atoms with Gasteiger partial charge in [-0.3, -0.25) is 4.79 Å². The number of urea groups is 1. The lowest BCUT2D eigenvalue weighted by Crippen LogP contribution is -2.44. The predicted octanol–water partition coefficient (Wildman–Crippen LogP) is 2.43. The van der Waals surface area contributed by atoms with Gasteiger partial charge in [0.2, 0.25) is 0 Å². The molecular formula is C19H28N4O2. The topological polar surface area (TPSA) is 73.5 Å². The van der Waals surface area contributed by atoms with Crippen LogP contribution in [0.2, 0.25) is 0 Å². The Labute approximate surface area is 149 Å². The fraction of sp³-hybridized carbons (Fsp3) is 0.579. The lowest BCUT2D eigenvalue weighted by Gasteiger charge is -2.39. The molecule has 0 bridgehead atoms. The molecular weight excluding hydrogens is 316 g/mol. The minimum atomic E-state index is -0.256. The summed E-state index contributed by atoms with van der Waals surface area (Å²) in [5, 5.41) is 9.01. The second-order valence-corrected chi connectivity index (χ2v) is 7.55. The van der Waals surface area contributed by atoms with Crippen LogP contribution in [0.25, 0.3) is 0 Å². The van der Waals surface area contributed by atoms with Gasteiger partial charge in [-0.25, -0.2) is 4.79 Å². The molecule has 1 spiro atoms. The minimum absolute atomic E-state index is 0.0497. The van der Waals surface area contributed by atoms with Crippen LogP contribution in [0.3, 0.4) is 0 Å². The Kier molecular flexibility index (Phi) is 5.27. The number of nitrogens with one attached hydrogen (secondary N) is 3. The van der Waals surface area contributed by atoms with Crippen LogP contribution in [-0.2, 0) is 0 Å². The first kappa shape index (κ1) is 17.7. The molecule has 0 aromatic heterocycles. The molecule has 2 fully saturated rings. The minimum Gasteiger partial charge on any atom is -0.339 e. The summed E-state index contributed by atoms with van der Waals surface area (Å²) in [6, 6.07) is 6.99. The largest absolute Gasteiger partial charge is 0.339 e. The summed E-state index contributed by atoms with van der Waals surface area (Å²) >= 11 is 0. The van der Waals surface area contributed by atoms with E-state index in [0.717, 1.165) is 39.0 Å². The van der Waals surface area contributed by atoms with Crippen molar-refractivity contribution in [3.63, 3.8) is 0 Å². The van der Waals surface area contributed by atoms with E-state index in [0.29, 0.717) is 16.7 Å². The van der Waals surface area contributed by atoms with Crippen molar-refractivity contribution >= 4 is 17.6 Å². The molecule has 6 heteroatoms. The van der Waals surface area contributed by atoms with Crippen molar-refractivity contribution in [1.29, 1.82) is 0 Å². The van der Waals surface area contributed by atoms with Crippen LogP contribution in [0.15, 0.2) is 24.3 Å². The van der Waals surface area contributed by atoms with Gasteiger partial charge in [-0.1, -0.05) is 6.07 Å². The van der Waals surface area contributed by atoms with Crippen molar-refractivity contribution in [2.45, 2.75) is 39.2 Å². The monoisotopic (exact) mass is 344 g/mol. The second-order valence-electron chi connectivity index (χ2n) is 7.55. The Balaban J connectivity index is 1.61. The molecule has 0 aliphatic carbocycles. The van der Waals surface area contributed by atoms with E-state index in [4.69, 9.17) is 0 Å². The van der Waals surface area contributed by atoms with Gasteiger partial charge < -0.3 is 20.9 Å². The van der Waals surface area contributed by atoms with Crippen molar-refractivity contribution in [2.24, 2.45) is 5.41 Å². The normalized spacial score (nSPS) is 19.2. The third kappa shape index (κ3) is 4.31. The quantitative estimate of drug-likeness (QED) is 0.788. The number of piperidine rings is 1. The summed E-state index contributed by atoms with van der Waals surface area (Å²) in [7, 11) is 0. The fourth-order valence-corrected chi connectivity index (χ4v) is 3.75. The van der Waals surface area contributed by atoms with Crippen LogP contribution in [0.5, 0.6) is 0 Å². The van der Waals surface area contributed by atoms with Gasteiger partial charge in [-0.05, 0) is 63.3 Å². The first-order chi connectivity index (χ1) is 12.0. The van der Waals surface area contributed by atoms with E-state index in [2.05, 4.69) is 16.0 Å². The molecule has 6 nitrogen and oxygen atoms in total. The Hall–Kier alpha value is -2.08. The van der Waals surface area contributed by atoms with Gasteiger partial charge >= 0.3 is 6.03 Å². The molecule has 0 atom stereocenters. The molecule has 2 saturated heterocycles. The fourth-order valence-electron chi connectivity index (χ4n) is 3.75. The molecule has 25 heavy (non-hydrogen) atoms. The highest BCUT2D eigenvalue weighted by Gasteiger charge is 2.38. The summed E-state index contributed by atoms with van der Waals surface area (Å²) < 4.78 is 0. The maximum absolute atomic E-state index is 12.8. The number of benzene rings is 1. The Morgan fingerprint density at radius 3 is 2.60 bits per heavy atom. The van der Waals surface area contributed by atoms with Gasteiger partial charge in [0.25, 0.3) is 5.91 Å². The Morgan fingerprint density at radius 1 is 1.20 bits per heavy atom. The zero-order valence-corrected chi connectivity index (χ0v) is 15.1. The predicted molar refractivity (Wildman–Crippen MR) is 98.8 cm³/mol. The van der Waals surface area contributed by atoms with Crippen molar-refractivity contribution in [1.82, 2.24) is 15.5 Å². The van der Waals surface area contributed by atoms with E-state index in [1.54, 1.807) is 12.1 Å². The lowest BCUT2D eigenvalue weighted by molar-refractivity contribution is 0.0607. The zero-order chi connectivity index (χ0) is 17.9. The van der Waals surface area contributed by atoms with E-state index in [9.17, 15) is 9.59 Å². The maximum Gasteiger partial charge on any atom is 0.319 e. The van der Waals surface area contributed by atoms with Gasteiger partial charge in [0.1, 0.15) is 0 Å². The standard InChI is InChI=1S/C19H28N4O2/c1-14(2)21-18(25)22-16-5-3-4-15(12-16)17(24)23-10-7-19(8-11-23)6-9-20-13-19/h3-5,12,14,20H,6-11,13H2,1-2H3,(H2,21,22,25). The van der Waals surface area contributed by atoms with Gasteiger partial charge in [-0.2, -0.15) is 0 Å². The van der Waals surface area contributed by atoms with Crippen LogP contribution in [-0.4, -0.2) is 49.1 Å². The van der Waals surface area contributed by atoms with Gasteiger partial charge in [0, 0.05) is 36.9 Å². The van der Waals surface area contributed by atoms with E-state index in [1.807, 2.05) is 30.9 Å². The highest BCUT2D eigenvalue weighted by Crippen LogP contribution is 2.37. The molecule has 3 amide bonds. The van der Waals surface area contributed by atoms with E-state index in [1.165, 1.54) is 6.42 Å². The highest BCUT2D eigenvalue weighted by atomic mass is 16.2. The number of carbonyl (C=O) groups excluding carboxylic acids is 2. The van der Waals surface area contributed by atoms with Crippen molar-refractivity contribution < 1.29 is 9.59 Å². The maximum atomic E-state index is 12.8. The van der Waals surface area contributed by atoms with Gasteiger partial charge in [0.05, 0.1) is 0 Å². The average molecular weight is 344 g/mol.